The Hall–Kier alpha value is -9.57. The Morgan fingerprint density at radius 2 is 0.933 bits per heavy atom. The molecule has 2 unspecified atom stereocenters. The summed E-state index contributed by atoms with van der Waals surface area (Å²) in [7, 11) is -4.16. The standard InChI is InChI=1S/C39H31ClF9N5O4S.C34H26Cl2F7N5O3S.C5H6F2O/c1-37(56,36(43)44)9-8-22-4-5-24(25-6-7-28(40)31-29(17-59(3,57)58)51-53(2)33(25)31)32(50-22)19(10-18-11-20(41)14-21(42)12-18)13-23(55)16-54-35-30(34(52-54)39(47,48)49)26-15-27(26)38(35,45)46;1-47-30-21(3-5-24(35)28(30)25(45-47)14-52(2,50)51)20-4-6-26(36)44-29(20)16(7-15-8-17(37)11-18(38)9-15)10-19(49)13-48-32-27(31(46-48)34(41,42)43)22-12-23(22)33(32,39)40;1-3-5(2,8)4(6)7/h4-7,11-12,14,19,26-27,36,56H,10,13,15-17H2,1-3H3;3-6,8-9,11,16,22-23H,7,10,12-14H2,1-2H3;1,4,8H,2H3/t19-,26+,27-,37?;16-,22+,23-;/m11./s1. The van der Waals surface area contributed by atoms with E-state index in [9.17, 15) is 93.0 Å². The highest BCUT2D eigenvalue weighted by Crippen LogP contribution is 2.70. The van der Waals surface area contributed by atoms with E-state index in [1.54, 1.807) is 25.1 Å². The van der Waals surface area contributed by atoms with Crippen LogP contribution in [0.2, 0.25) is 15.2 Å². The van der Waals surface area contributed by atoms with E-state index in [4.69, 9.17) is 39.9 Å². The molecule has 0 saturated heterocycles. The number of halogens is 21. The number of aryl methyl sites for hydroxylation is 2. The van der Waals surface area contributed by atoms with Crippen molar-refractivity contribution in [2.75, 3.05) is 12.5 Å². The number of hydrogen-bond donors (Lipinski definition) is 2. The molecule has 4 aliphatic rings. The predicted octanol–water partition coefficient (Wildman–Crippen LogP) is 16.7. The maximum atomic E-state index is 15.4. The Morgan fingerprint density at radius 3 is 1.29 bits per heavy atom. The number of pyridine rings is 2. The quantitative estimate of drug-likeness (QED) is 0.0364. The first-order valence-corrected chi connectivity index (χ1v) is 40.7. The average Bonchev–Trinajstić information content (AvgIpc) is 1.52. The summed E-state index contributed by atoms with van der Waals surface area (Å²) < 4.78 is 306. The number of ketones is 2. The molecule has 18 nitrogen and oxygen atoms in total. The van der Waals surface area contributed by atoms with Crippen LogP contribution in [-0.4, -0.2) is 124 Å². The number of aromatic nitrogens is 10. The maximum Gasteiger partial charge on any atom is 0.435 e. The number of Topliss-reactive ketones (excluding diaryl/α,β-unsaturated/α-hetero) is 2. The minimum atomic E-state index is -5.11. The van der Waals surface area contributed by atoms with Crippen LogP contribution >= 0.6 is 34.8 Å². The van der Waals surface area contributed by atoms with Crippen molar-refractivity contribution in [1.29, 1.82) is 0 Å². The van der Waals surface area contributed by atoms with Crippen LogP contribution in [0.4, 0.5) is 79.0 Å². The van der Waals surface area contributed by atoms with E-state index in [1.165, 1.54) is 52.8 Å². The fourth-order valence-corrected chi connectivity index (χ4v) is 17.3. The van der Waals surface area contributed by atoms with Gasteiger partial charge in [-0.15, -0.1) is 6.42 Å². The second-order valence-corrected chi connectivity index (χ2v) is 35.4. The van der Waals surface area contributed by atoms with Gasteiger partial charge in [0.2, 0.25) is 0 Å². The molecule has 0 spiro atoms. The van der Waals surface area contributed by atoms with Crippen molar-refractivity contribution in [2.45, 2.75) is 149 Å². The van der Waals surface area contributed by atoms with Gasteiger partial charge in [0.25, 0.3) is 24.7 Å². The zero-order valence-electron chi connectivity index (χ0n) is 62.4. The van der Waals surface area contributed by atoms with E-state index < -0.39 is 216 Å². The minimum Gasteiger partial charge on any atom is -0.372 e. The molecule has 6 aromatic heterocycles. The van der Waals surface area contributed by atoms with Crippen molar-refractivity contribution in [3.63, 3.8) is 0 Å². The van der Waals surface area contributed by atoms with Gasteiger partial charge in [0, 0.05) is 119 Å². The SMILES string of the molecule is C#CC(C)(O)C(F)F.Cn1nc(CS(C)(=O)=O)c2c(Cl)ccc(-c3ccc(C#CC(C)(O)C(F)F)nc3[C@@H](CC(=O)Cn3nc(C(F)(F)F)c4c3C(F)(F)[C@@H]3C[C@H]43)Cc3cc(F)cc(F)c3)c21.Cn1nc(CS(C)(=O)=O)c2c(Cl)ccc(-c3ccc(Cl)nc3[C@@H](CC(=O)Cn3nc(C(F)(F)F)c4c3C(F)(F)[C@@H]3C[C@H]43)Cc3cc(F)cc(F)c3)c21. The van der Waals surface area contributed by atoms with E-state index in [1.807, 2.05) is 5.92 Å². The van der Waals surface area contributed by atoms with E-state index in [0.29, 0.717) is 43.5 Å². The smallest absolute Gasteiger partial charge is 0.372 e. The summed E-state index contributed by atoms with van der Waals surface area (Å²) in [6.07, 6.45) is -12.0. The van der Waals surface area contributed by atoms with Crippen molar-refractivity contribution in [1.82, 2.24) is 49.1 Å². The molecule has 119 heavy (non-hydrogen) atoms. The molecule has 10 aromatic rings. The van der Waals surface area contributed by atoms with Gasteiger partial charge in [0.15, 0.2) is 53.8 Å². The number of rotatable bonds is 22. The molecule has 2 N–H and O–H groups in total. The molecular formula is C78H63Cl3F18N10O8S2. The summed E-state index contributed by atoms with van der Waals surface area (Å²) in [6, 6.07) is 16.9. The van der Waals surface area contributed by atoms with Gasteiger partial charge in [-0.2, -0.15) is 64.3 Å². The molecular weight excluding hydrogens is 1720 g/mol. The number of carbonyl (C=O) groups is 2. The first kappa shape index (κ1) is 88.7. The van der Waals surface area contributed by atoms with E-state index in [-0.39, 0.29) is 96.1 Å². The van der Waals surface area contributed by atoms with Crippen molar-refractivity contribution in [2.24, 2.45) is 25.9 Å². The highest BCUT2D eigenvalue weighted by molar-refractivity contribution is 7.90. The molecule has 4 aromatic carbocycles. The van der Waals surface area contributed by atoms with Crippen molar-refractivity contribution in [3.05, 3.63) is 197 Å². The number of carbonyl (C=O) groups excluding carboxylic acids is 2. The third kappa shape index (κ3) is 18.5. The minimum absolute atomic E-state index is 0.0339. The first-order valence-electron chi connectivity index (χ1n) is 35.5. The Labute approximate surface area is 679 Å². The molecule has 0 aliphatic heterocycles. The number of hydrogen-bond acceptors (Lipinski definition) is 14. The monoisotopic (exact) mass is 1780 g/mol. The second kappa shape index (κ2) is 32.1. The van der Waals surface area contributed by atoms with Crippen LogP contribution < -0.4 is 0 Å². The molecule has 2 saturated carbocycles. The average molecular weight is 1780 g/mol. The van der Waals surface area contributed by atoms with Gasteiger partial charge < -0.3 is 10.2 Å². The normalized spacial score (nSPS) is 18.5. The maximum absolute atomic E-state index is 15.4. The molecule has 14 rings (SSSR count). The number of benzene rings is 4. The van der Waals surface area contributed by atoms with Gasteiger partial charge in [0.1, 0.15) is 58.6 Å². The lowest BCUT2D eigenvalue weighted by Gasteiger charge is -2.22. The Morgan fingerprint density at radius 1 is 0.563 bits per heavy atom. The molecule has 0 amide bonds. The zero-order chi connectivity index (χ0) is 87.6. The molecule has 0 bridgehead atoms. The van der Waals surface area contributed by atoms with Gasteiger partial charge >= 0.3 is 12.4 Å². The highest BCUT2D eigenvalue weighted by atomic mass is 35.5. The van der Waals surface area contributed by atoms with E-state index in [2.05, 4.69) is 42.7 Å². The predicted molar refractivity (Wildman–Crippen MR) is 398 cm³/mol. The van der Waals surface area contributed by atoms with Gasteiger partial charge in [-0.1, -0.05) is 58.8 Å². The van der Waals surface area contributed by atoms with Crippen molar-refractivity contribution < 1.29 is 116 Å². The molecule has 2 fully saturated rings. The molecule has 41 heteroatoms. The Balaban J connectivity index is 0.000000201. The number of sulfone groups is 2. The fourth-order valence-electron chi connectivity index (χ4n) is 15.2. The van der Waals surface area contributed by atoms with Gasteiger partial charge in [-0.05, 0) is 129 Å². The summed E-state index contributed by atoms with van der Waals surface area (Å²) in [5.41, 5.74) is -9.37. The number of fused-ring (bicyclic) bond motifs is 8. The number of aliphatic hydroxyl groups is 2. The van der Waals surface area contributed by atoms with Crippen molar-refractivity contribution in [3.8, 4) is 46.4 Å². The van der Waals surface area contributed by atoms with Crippen LogP contribution in [0.5, 0.6) is 0 Å². The molecule has 0 radical (unpaired) electrons. The third-order valence-electron chi connectivity index (χ3n) is 20.4. The largest absolute Gasteiger partial charge is 0.435 e. The Bertz CT molecular complexity index is 6090. The topological polar surface area (TPSA) is 240 Å². The van der Waals surface area contributed by atoms with Crippen LogP contribution in [0.3, 0.4) is 0 Å². The lowest BCUT2D eigenvalue weighted by Crippen LogP contribution is -2.31. The third-order valence-corrected chi connectivity index (χ3v) is 22.8. The van der Waals surface area contributed by atoms with Crippen LogP contribution in [0.15, 0.2) is 84.9 Å². The number of terminal acetylenes is 1. The van der Waals surface area contributed by atoms with E-state index >= 15 is 17.6 Å². The molecule has 6 heterocycles. The molecule has 8 atom stereocenters. The Kier molecular flexibility index (Phi) is 23.9. The summed E-state index contributed by atoms with van der Waals surface area (Å²) in [5.74, 6) is -15.1. The lowest BCUT2D eigenvalue weighted by atomic mass is 9.86. The molecule has 4 aliphatic carbocycles. The summed E-state index contributed by atoms with van der Waals surface area (Å²) >= 11 is 19.5. The highest BCUT2D eigenvalue weighted by Gasteiger charge is 2.70. The van der Waals surface area contributed by atoms with Gasteiger partial charge in [-0.25, -0.2) is 61.9 Å². The van der Waals surface area contributed by atoms with Crippen LogP contribution in [-0.2, 0) is 105 Å². The van der Waals surface area contributed by atoms with Crippen molar-refractivity contribution >= 4 is 87.8 Å². The summed E-state index contributed by atoms with van der Waals surface area (Å²) in [6.45, 7) is -0.365. The second-order valence-electron chi connectivity index (χ2n) is 29.9. The van der Waals surface area contributed by atoms with Crippen LogP contribution in [0.25, 0.3) is 44.1 Å². The van der Waals surface area contributed by atoms with Gasteiger partial charge in [-0.3, -0.25) is 28.3 Å². The summed E-state index contributed by atoms with van der Waals surface area (Å²) in [5, 5.41) is 35.0. The number of alkyl halides is 14. The lowest BCUT2D eigenvalue weighted by molar-refractivity contribution is -0.143. The number of nitrogens with zero attached hydrogens (tertiary/aromatic N) is 10. The first-order chi connectivity index (χ1) is 55.1. The zero-order valence-corrected chi connectivity index (χ0v) is 66.3. The van der Waals surface area contributed by atoms with Gasteiger partial charge in [0.05, 0.1) is 55.4 Å². The summed E-state index contributed by atoms with van der Waals surface area (Å²) in [4.78, 5) is 36.8. The van der Waals surface area contributed by atoms with Crippen LogP contribution in [0, 0.1) is 59.3 Å². The van der Waals surface area contributed by atoms with E-state index in [0.717, 1.165) is 50.6 Å². The fraction of sp³-hybridized carbons (Fsp3) is 0.385. The van der Waals surface area contributed by atoms with Crippen LogP contribution in [0.1, 0.15) is 137 Å². The molecule has 632 valence electrons.